The monoisotopic (exact) mass is 472 g/mol. The Bertz CT molecular complexity index is 1450. The highest BCUT2D eigenvalue weighted by molar-refractivity contribution is 6.29. The zero-order valence-corrected chi connectivity index (χ0v) is 19.5. The summed E-state index contributed by atoms with van der Waals surface area (Å²) in [5, 5.41) is 23.5. The minimum Gasteiger partial charge on any atom is -0.497 e. The van der Waals surface area contributed by atoms with Crippen molar-refractivity contribution in [2.24, 2.45) is 0 Å². The Morgan fingerprint density at radius 3 is 2.53 bits per heavy atom. The molecule has 0 saturated heterocycles. The van der Waals surface area contributed by atoms with E-state index in [0.717, 1.165) is 27.8 Å². The maximum atomic E-state index is 11.7. The van der Waals surface area contributed by atoms with Crippen LogP contribution in [-0.4, -0.2) is 28.2 Å². The topological polar surface area (TPSA) is 108 Å². The molecule has 4 rings (SSSR count). The molecule has 4 aromatic rings. The minimum atomic E-state index is -1.17. The highest BCUT2D eigenvalue weighted by Gasteiger charge is 2.19. The lowest BCUT2D eigenvalue weighted by molar-refractivity contribution is 0.0691. The van der Waals surface area contributed by atoms with Gasteiger partial charge in [-0.15, -0.1) is 0 Å². The van der Waals surface area contributed by atoms with E-state index in [1.165, 1.54) is 0 Å². The first-order valence-electron chi connectivity index (χ1n) is 10.5. The average molecular weight is 473 g/mol. The lowest BCUT2D eigenvalue weighted by Gasteiger charge is -2.20. The minimum absolute atomic E-state index is 0.106. The smallest absolute Gasteiger partial charge is 0.356 e. The number of carboxylic acid groups (broad SMARTS) is 1. The highest BCUT2D eigenvalue weighted by Crippen LogP contribution is 2.33. The second-order valence-corrected chi connectivity index (χ2v) is 8.23. The van der Waals surface area contributed by atoms with Gasteiger partial charge in [-0.2, -0.15) is 5.26 Å². The summed E-state index contributed by atoms with van der Waals surface area (Å²) in [5.41, 5.74) is 4.64. The highest BCUT2D eigenvalue weighted by atomic mass is 35.5. The lowest BCUT2D eigenvalue weighted by Crippen LogP contribution is -2.13. The second-order valence-electron chi connectivity index (χ2n) is 7.85. The number of aryl methyl sites for hydroxylation is 1. The number of carbonyl (C=O) groups is 1. The van der Waals surface area contributed by atoms with Gasteiger partial charge in [-0.1, -0.05) is 29.8 Å². The van der Waals surface area contributed by atoms with Crippen LogP contribution in [-0.2, 0) is 0 Å². The van der Waals surface area contributed by atoms with Crippen LogP contribution < -0.4 is 10.1 Å². The first-order chi connectivity index (χ1) is 16.3. The van der Waals surface area contributed by atoms with Crippen LogP contribution >= 0.6 is 11.6 Å². The molecule has 0 aliphatic heterocycles. The molecule has 0 bridgehead atoms. The van der Waals surface area contributed by atoms with Gasteiger partial charge in [-0.25, -0.2) is 14.8 Å². The molecule has 0 unspecified atom stereocenters. The largest absolute Gasteiger partial charge is 0.497 e. The summed E-state index contributed by atoms with van der Waals surface area (Å²) in [7, 11) is 1.60. The predicted octanol–water partition coefficient (Wildman–Crippen LogP) is 6.01. The second kappa shape index (κ2) is 9.38. The number of hydrogen-bond acceptors (Lipinski definition) is 6. The summed E-state index contributed by atoms with van der Waals surface area (Å²) >= 11 is 5.89. The molecule has 170 valence electrons. The van der Waals surface area contributed by atoms with E-state index in [1.807, 2.05) is 56.3 Å². The Kier molecular flexibility index (Phi) is 6.35. The van der Waals surface area contributed by atoms with Crippen LogP contribution in [0, 0.1) is 18.3 Å². The number of aromatic carboxylic acids is 1. The van der Waals surface area contributed by atoms with Crippen LogP contribution in [0.15, 0.2) is 54.6 Å². The van der Waals surface area contributed by atoms with Crippen LogP contribution in [0.4, 0.5) is 5.69 Å². The van der Waals surface area contributed by atoms with Crippen molar-refractivity contribution < 1.29 is 14.6 Å². The van der Waals surface area contributed by atoms with Gasteiger partial charge < -0.3 is 15.2 Å². The van der Waals surface area contributed by atoms with Crippen molar-refractivity contribution in [3.63, 3.8) is 0 Å². The van der Waals surface area contributed by atoms with E-state index in [0.29, 0.717) is 22.5 Å². The molecule has 2 aromatic carbocycles. The van der Waals surface area contributed by atoms with Gasteiger partial charge in [0.2, 0.25) is 0 Å². The fourth-order valence-electron chi connectivity index (χ4n) is 3.91. The van der Waals surface area contributed by atoms with Gasteiger partial charge in [0.25, 0.3) is 0 Å². The van der Waals surface area contributed by atoms with Crippen LogP contribution in [0.5, 0.6) is 5.75 Å². The van der Waals surface area contributed by atoms with Gasteiger partial charge in [0, 0.05) is 17.0 Å². The number of ether oxygens (including phenoxy) is 1. The maximum absolute atomic E-state index is 11.7. The van der Waals surface area contributed by atoms with Gasteiger partial charge in [-0.05, 0) is 66.9 Å². The molecule has 2 heterocycles. The van der Waals surface area contributed by atoms with Crippen LogP contribution in [0.1, 0.15) is 40.3 Å². The summed E-state index contributed by atoms with van der Waals surface area (Å²) in [6.45, 7) is 3.88. The number of anilines is 1. The number of nitrogens with zero attached hydrogens (tertiary/aromatic N) is 3. The van der Waals surface area contributed by atoms with E-state index in [1.54, 1.807) is 19.2 Å². The Labute approximate surface area is 201 Å². The Morgan fingerprint density at radius 2 is 1.88 bits per heavy atom. The molecule has 0 amide bonds. The molecule has 2 N–H and O–H groups in total. The molecule has 7 nitrogen and oxygen atoms in total. The summed E-state index contributed by atoms with van der Waals surface area (Å²) in [6.07, 6.45) is 0. The zero-order chi connectivity index (χ0) is 24.4. The number of nitriles is 1. The molecule has 0 aliphatic rings. The maximum Gasteiger partial charge on any atom is 0.356 e. The number of aromatic nitrogens is 2. The van der Waals surface area contributed by atoms with Crippen LogP contribution in [0.3, 0.4) is 0 Å². The number of fused-ring (bicyclic) bond motifs is 1. The fourth-order valence-corrected chi connectivity index (χ4v) is 4.06. The van der Waals surface area contributed by atoms with E-state index in [-0.39, 0.29) is 16.9 Å². The number of hydrogen-bond donors (Lipinski definition) is 2. The van der Waals surface area contributed by atoms with Gasteiger partial charge >= 0.3 is 5.97 Å². The Morgan fingerprint density at radius 1 is 1.15 bits per heavy atom. The number of pyridine rings is 2. The molecule has 8 heteroatoms. The summed E-state index contributed by atoms with van der Waals surface area (Å²) in [6, 6.07) is 18.4. The molecule has 2 aromatic heterocycles. The molecule has 0 aliphatic carbocycles. The molecule has 1 atom stereocenters. The van der Waals surface area contributed by atoms with Crippen molar-refractivity contribution in [2.75, 3.05) is 12.4 Å². The molecular formula is C26H21ClN4O3. The standard InChI is InChI=1S/C26H21ClN4O3/c1-14-10-18(15(2)29-21-8-9-24(27)31-25(21)26(32)33)20-12-19(23(13-28)30-22(20)11-14)16-4-6-17(34-3)7-5-16/h4-12,15,29H,1-3H3,(H,32,33)/t15-/m1/s1. The number of carboxylic acids is 1. The number of halogens is 1. The molecule has 34 heavy (non-hydrogen) atoms. The number of benzene rings is 2. The van der Waals surface area contributed by atoms with E-state index < -0.39 is 5.97 Å². The third-order valence-corrected chi connectivity index (χ3v) is 5.73. The van der Waals surface area contributed by atoms with Gasteiger partial charge in [0.1, 0.15) is 22.7 Å². The summed E-state index contributed by atoms with van der Waals surface area (Å²) < 4.78 is 5.24. The van der Waals surface area contributed by atoms with Crippen molar-refractivity contribution in [2.45, 2.75) is 19.9 Å². The Balaban J connectivity index is 1.84. The van der Waals surface area contributed by atoms with Gasteiger partial charge in [0.05, 0.1) is 18.3 Å². The quantitative estimate of drug-likeness (QED) is 0.331. The molecule has 0 saturated carbocycles. The lowest BCUT2D eigenvalue weighted by atomic mass is 9.95. The molecular weight excluding hydrogens is 452 g/mol. The predicted molar refractivity (Wildman–Crippen MR) is 131 cm³/mol. The van der Waals surface area contributed by atoms with E-state index in [2.05, 4.69) is 21.4 Å². The number of rotatable bonds is 6. The van der Waals surface area contributed by atoms with Crippen molar-refractivity contribution in [3.8, 4) is 22.9 Å². The third kappa shape index (κ3) is 4.49. The van der Waals surface area contributed by atoms with Gasteiger partial charge in [0.15, 0.2) is 5.69 Å². The first kappa shape index (κ1) is 23.0. The fraction of sp³-hybridized carbons (Fsp3) is 0.154. The first-order valence-corrected chi connectivity index (χ1v) is 10.8. The van der Waals surface area contributed by atoms with Crippen molar-refractivity contribution >= 4 is 34.2 Å². The van der Waals surface area contributed by atoms with Gasteiger partial charge in [-0.3, -0.25) is 0 Å². The van der Waals surface area contributed by atoms with Crippen molar-refractivity contribution in [3.05, 3.63) is 82.3 Å². The van der Waals surface area contributed by atoms with Crippen LogP contribution in [0.25, 0.3) is 22.0 Å². The summed E-state index contributed by atoms with van der Waals surface area (Å²) in [5.74, 6) is -0.454. The van der Waals surface area contributed by atoms with Crippen molar-refractivity contribution in [1.82, 2.24) is 9.97 Å². The third-order valence-electron chi connectivity index (χ3n) is 5.52. The van der Waals surface area contributed by atoms with Crippen LogP contribution in [0.2, 0.25) is 5.15 Å². The Hall–Kier alpha value is -4.15. The van der Waals surface area contributed by atoms with E-state index in [9.17, 15) is 15.2 Å². The van der Waals surface area contributed by atoms with E-state index in [4.69, 9.17) is 16.3 Å². The average Bonchev–Trinajstić information content (AvgIpc) is 2.83. The molecule has 0 spiro atoms. The summed E-state index contributed by atoms with van der Waals surface area (Å²) in [4.78, 5) is 20.2. The number of methoxy groups -OCH3 is 1. The molecule has 0 radical (unpaired) electrons. The van der Waals surface area contributed by atoms with E-state index >= 15 is 0 Å². The molecule has 0 fully saturated rings. The normalized spacial score (nSPS) is 11.6. The SMILES string of the molecule is COc1ccc(-c2cc3c([C@@H](C)Nc4ccc(Cl)nc4C(=O)O)cc(C)cc3nc2C#N)cc1. The van der Waals surface area contributed by atoms with Crippen molar-refractivity contribution in [1.29, 1.82) is 5.26 Å². The zero-order valence-electron chi connectivity index (χ0n) is 18.8. The number of nitrogens with one attached hydrogen (secondary N) is 1.